The highest BCUT2D eigenvalue weighted by Gasteiger charge is 2.33. The molecule has 2 aromatic rings. The van der Waals surface area contributed by atoms with Gasteiger partial charge in [-0.1, -0.05) is 24.3 Å². The van der Waals surface area contributed by atoms with Gasteiger partial charge in [-0.3, -0.25) is 0 Å². The number of halogens is 3. The number of benzene rings is 2. The summed E-state index contributed by atoms with van der Waals surface area (Å²) in [6, 6.07) is 11.3. The summed E-state index contributed by atoms with van der Waals surface area (Å²) in [5, 5.41) is 0. The van der Waals surface area contributed by atoms with Gasteiger partial charge in [0.05, 0.1) is 6.61 Å². The van der Waals surface area contributed by atoms with Crippen molar-refractivity contribution in [1.82, 2.24) is 4.72 Å². The number of ether oxygens (including phenoxy) is 3. The van der Waals surface area contributed by atoms with E-state index in [0.717, 1.165) is 31.4 Å². The van der Waals surface area contributed by atoms with Crippen molar-refractivity contribution in [3.8, 4) is 11.5 Å². The minimum atomic E-state index is -5.00. The van der Waals surface area contributed by atoms with Crippen molar-refractivity contribution in [3.63, 3.8) is 0 Å². The van der Waals surface area contributed by atoms with Crippen LogP contribution in [-0.4, -0.2) is 27.7 Å². The summed E-state index contributed by atoms with van der Waals surface area (Å²) < 4.78 is 80.0. The zero-order chi connectivity index (χ0) is 20.9. The molecular formula is C19H20F3NO5S. The van der Waals surface area contributed by atoms with Gasteiger partial charge in [0.15, 0.2) is 6.29 Å². The predicted octanol–water partition coefficient (Wildman–Crippen LogP) is 3.97. The molecule has 29 heavy (non-hydrogen) atoms. The first-order valence-electron chi connectivity index (χ1n) is 8.95. The zero-order valence-corrected chi connectivity index (χ0v) is 16.1. The number of nitrogens with one attached hydrogen (secondary N) is 1. The van der Waals surface area contributed by atoms with Gasteiger partial charge >= 0.3 is 6.36 Å². The zero-order valence-electron chi connectivity index (χ0n) is 15.3. The molecule has 1 fully saturated rings. The van der Waals surface area contributed by atoms with Gasteiger partial charge in [0.25, 0.3) is 0 Å². The highest BCUT2D eigenvalue weighted by Crippen LogP contribution is 2.29. The number of sulfonamides is 1. The normalized spacial score (nSPS) is 17.7. The van der Waals surface area contributed by atoms with E-state index in [2.05, 4.69) is 9.46 Å². The smallest absolute Gasteiger partial charge is 0.465 e. The molecule has 1 aliphatic heterocycles. The fraction of sp³-hybridized carbons (Fsp3) is 0.368. The molecule has 6 nitrogen and oxygen atoms in total. The van der Waals surface area contributed by atoms with Crippen LogP contribution in [0, 0.1) is 0 Å². The lowest BCUT2D eigenvalue weighted by Crippen LogP contribution is -2.26. The Balaban J connectivity index is 1.69. The highest BCUT2D eigenvalue weighted by atomic mass is 32.2. The Morgan fingerprint density at radius 2 is 1.90 bits per heavy atom. The fourth-order valence-electron chi connectivity index (χ4n) is 2.82. The monoisotopic (exact) mass is 431 g/mol. The van der Waals surface area contributed by atoms with Gasteiger partial charge in [-0.05, 0) is 42.7 Å². The molecule has 158 valence electrons. The first-order valence-corrected chi connectivity index (χ1v) is 10.4. The van der Waals surface area contributed by atoms with E-state index >= 15 is 0 Å². The summed E-state index contributed by atoms with van der Waals surface area (Å²) >= 11 is 0. The second-order valence-electron chi connectivity index (χ2n) is 6.38. The van der Waals surface area contributed by atoms with Crippen LogP contribution in [0.3, 0.4) is 0 Å². The molecule has 1 atom stereocenters. The Kier molecular flexibility index (Phi) is 6.66. The molecule has 1 N–H and O–H groups in total. The molecule has 2 aromatic carbocycles. The van der Waals surface area contributed by atoms with Gasteiger partial charge in [0.2, 0.25) is 10.0 Å². The Morgan fingerprint density at radius 1 is 1.10 bits per heavy atom. The molecule has 10 heteroatoms. The van der Waals surface area contributed by atoms with E-state index in [-0.39, 0.29) is 12.8 Å². The molecule has 0 saturated carbocycles. The predicted molar refractivity (Wildman–Crippen MR) is 97.8 cm³/mol. The van der Waals surface area contributed by atoms with Gasteiger partial charge in [-0.15, -0.1) is 13.2 Å². The first-order chi connectivity index (χ1) is 13.7. The summed E-state index contributed by atoms with van der Waals surface area (Å²) in [5.74, 6) is -0.270. The van der Waals surface area contributed by atoms with Gasteiger partial charge in [-0.25, -0.2) is 13.1 Å². The van der Waals surface area contributed by atoms with Crippen LogP contribution in [0.2, 0.25) is 0 Å². The van der Waals surface area contributed by atoms with Crippen molar-refractivity contribution in [2.45, 2.75) is 43.4 Å². The Morgan fingerprint density at radius 3 is 2.62 bits per heavy atom. The molecule has 0 aliphatic carbocycles. The Hall–Kier alpha value is -2.30. The van der Waals surface area contributed by atoms with Crippen molar-refractivity contribution < 1.29 is 35.8 Å². The van der Waals surface area contributed by atoms with Gasteiger partial charge < -0.3 is 14.2 Å². The lowest BCUT2D eigenvalue weighted by atomic mass is 10.2. The van der Waals surface area contributed by atoms with Crippen LogP contribution in [0.25, 0.3) is 0 Å². The largest absolute Gasteiger partial charge is 0.573 e. The van der Waals surface area contributed by atoms with Gasteiger partial charge in [-0.2, -0.15) is 0 Å². The maximum Gasteiger partial charge on any atom is 0.573 e. The lowest BCUT2D eigenvalue weighted by Gasteiger charge is -2.23. The second-order valence-corrected chi connectivity index (χ2v) is 8.12. The summed E-state index contributed by atoms with van der Waals surface area (Å²) in [5.41, 5.74) is 0.580. The van der Waals surface area contributed by atoms with E-state index in [4.69, 9.17) is 9.47 Å². The standard InChI is InChI=1S/C19H20F3NO5S/c20-19(21,22)28-16-8-1-2-9-17(16)29(24,25)23-13-14-6-5-7-15(12-14)27-18-10-3-4-11-26-18/h1-2,5-9,12,18,23H,3-4,10-11,13H2. The molecule has 0 bridgehead atoms. The summed E-state index contributed by atoms with van der Waals surface area (Å²) in [7, 11) is -4.24. The van der Waals surface area contributed by atoms with Gasteiger partial charge in [0, 0.05) is 13.0 Å². The summed E-state index contributed by atoms with van der Waals surface area (Å²) in [6.07, 6.45) is -2.59. The van der Waals surface area contributed by atoms with Crippen molar-refractivity contribution in [1.29, 1.82) is 0 Å². The van der Waals surface area contributed by atoms with Crippen LogP contribution in [-0.2, 0) is 21.3 Å². The SMILES string of the molecule is O=S(=O)(NCc1cccc(OC2CCCCO2)c1)c1ccccc1OC(F)(F)F. The highest BCUT2D eigenvalue weighted by molar-refractivity contribution is 7.89. The molecule has 1 unspecified atom stereocenters. The molecule has 3 rings (SSSR count). The molecule has 0 spiro atoms. The van der Waals surface area contributed by atoms with Crippen LogP contribution in [0.15, 0.2) is 53.4 Å². The van der Waals surface area contributed by atoms with Crippen LogP contribution < -0.4 is 14.2 Å². The molecule has 0 aromatic heterocycles. The minimum absolute atomic E-state index is 0.134. The maximum atomic E-state index is 12.5. The van der Waals surface area contributed by atoms with E-state index in [0.29, 0.717) is 17.9 Å². The quantitative estimate of drug-likeness (QED) is 0.718. The lowest BCUT2D eigenvalue weighted by molar-refractivity contribution is -0.275. The number of hydrogen-bond acceptors (Lipinski definition) is 5. The third-order valence-electron chi connectivity index (χ3n) is 4.13. The fourth-order valence-corrected chi connectivity index (χ4v) is 3.97. The van der Waals surface area contributed by atoms with E-state index in [1.807, 2.05) is 0 Å². The first kappa shape index (κ1) is 21.4. The van der Waals surface area contributed by atoms with Crippen molar-refractivity contribution in [2.24, 2.45) is 0 Å². The second kappa shape index (κ2) is 9.02. The number of para-hydroxylation sites is 1. The third kappa shape index (κ3) is 6.34. The van der Waals surface area contributed by atoms with Crippen LogP contribution in [0.1, 0.15) is 24.8 Å². The van der Waals surface area contributed by atoms with Crippen molar-refractivity contribution in [3.05, 3.63) is 54.1 Å². The van der Waals surface area contributed by atoms with Crippen LogP contribution in [0.5, 0.6) is 11.5 Å². The Bertz CT molecular complexity index is 927. The molecule has 1 aliphatic rings. The van der Waals surface area contributed by atoms with Crippen molar-refractivity contribution in [2.75, 3.05) is 6.61 Å². The minimum Gasteiger partial charge on any atom is -0.465 e. The summed E-state index contributed by atoms with van der Waals surface area (Å²) in [4.78, 5) is -0.597. The van der Waals surface area contributed by atoms with Gasteiger partial charge in [0.1, 0.15) is 16.4 Å². The van der Waals surface area contributed by atoms with E-state index < -0.39 is 27.0 Å². The topological polar surface area (TPSA) is 73.9 Å². The average molecular weight is 431 g/mol. The molecule has 0 radical (unpaired) electrons. The molecule has 1 heterocycles. The van der Waals surface area contributed by atoms with Crippen LogP contribution >= 0.6 is 0 Å². The molecular weight excluding hydrogens is 411 g/mol. The van der Waals surface area contributed by atoms with Crippen molar-refractivity contribution >= 4 is 10.0 Å². The number of alkyl halides is 3. The third-order valence-corrected chi connectivity index (χ3v) is 5.58. The van der Waals surface area contributed by atoms with E-state index in [9.17, 15) is 21.6 Å². The van der Waals surface area contributed by atoms with E-state index in [1.54, 1.807) is 24.3 Å². The number of rotatable bonds is 7. The molecule has 0 amide bonds. The van der Waals surface area contributed by atoms with Crippen LogP contribution in [0.4, 0.5) is 13.2 Å². The number of hydrogen-bond donors (Lipinski definition) is 1. The Labute approximate surface area is 166 Å². The van der Waals surface area contributed by atoms with E-state index in [1.165, 1.54) is 12.1 Å². The molecule has 1 saturated heterocycles. The maximum absolute atomic E-state index is 12.5. The summed E-state index contributed by atoms with van der Waals surface area (Å²) in [6.45, 7) is 0.495. The average Bonchev–Trinajstić information content (AvgIpc) is 2.67.